The largest absolute Gasteiger partial charge is 0.387 e. The first-order valence-corrected chi connectivity index (χ1v) is 9.75. The summed E-state index contributed by atoms with van der Waals surface area (Å²) < 4.78 is 13.4. The van der Waals surface area contributed by atoms with E-state index in [1.165, 1.54) is 13.1 Å². The Morgan fingerprint density at radius 3 is 2.33 bits per heavy atom. The van der Waals surface area contributed by atoms with Crippen LogP contribution in [0.4, 0.5) is 4.39 Å². The standard InChI is InChI=1S/C23H31FN4.CH5N/c1-15(2)16(3)13-23(28-18(5)14-27-20(7)25)19(6)26-11-10-21-8-9-22(24)17(4)12-21;1-2/h8-9,12-14,26H,1,6,10-11H2,2-5,7H3,(H2,25,27);2H2,1H3/b16-13+,18-14+,28-23+;. The topological polar surface area (TPSA) is 88.8 Å². The third-order valence-electron chi connectivity index (χ3n) is 4.06. The van der Waals surface area contributed by atoms with E-state index >= 15 is 0 Å². The quantitative estimate of drug-likeness (QED) is 0.315. The highest BCUT2D eigenvalue weighted by Crippen LogP contribution is 2.11. The van der Waals surface area contributed by atoms with Crippen molar-refractivity contribution in [3.05, 3.63) is 83.1 Å². The number of hydrogen-bond acceptors (Lipinski definition) is 4. The van der Waals surface area contributed by atoms with Gasteiger partial charge in [-0.05, 0) is 76.9 Å². The first-order chi connectivity index (χ1) is 14.1. The molecule has 0 radical (unpaired) electrons. The summed E-state index contributed by atoms with van der Waals surface area (Å²) in [6.45, 7) is 18.0. The first-order valence-electron chi connectivity index (χ1n) is 9.75. The maximum atomic E-state index is 13.4. The fourth-order valence-electron chi connectivity index (χ4n) is 2.24. The van der Waals surface area contributed by atoms with Crippen LogP contribution in [0.5, 0.6) is 0 Å². The van der Waals surface area contributed by atoms with Crippen LogP contribution in [-0.2, 0) is 6.42 Å². The third-order valence-corrected chi connectivity index (χ3v) is 4.06. The molecule has 6 heteroatoms. The zero-order valence-electron chi connectivity index (χ0n) is 19.1. The molecule has 5 nitrogen and oxygen atoms in total. The molecule has 0 aromatic heterocycles. The van der Waals surface area contributed by atoms with Crippen LogP contribution in [0, 0.1) is 12.7 Å². The normalized spacial score (nSPS) is 12.8. The van der Waals surface area contributed by atoms with Gasteiger partial charge in [0.2, 0.25) is 0 Å². The number of nitrogens with one attached hydrogen (secondary N) is 1. The van der Waals surface area contributed by atoms with Crippen LogP contribution in [0.3, 0.4) is 0 Å². The summed E-state index contributed by atoms with van der Waals surface area (Å²) >= 11 is 0. The van der Waals surface area contributed by atoms with Crippen LogP contribution >= 0.6 is 0 Å². The number of allylic oxidation sites excluding steroid dienone is 4. The van der Waals surface area contributed by atoms with Crippen molar-refractivity contribution in [1.82, 2.24) is 5.32 Å². The highest BCUT2D eigenvalue weighted by atomic mass is 19.1. The molecule has 1 aromatic rings. The summed E-state index contributed by atoms with van der Waals surface area (Å²) in [6.07, 6.45) is 4.31. The second-order valence-corrected chi connectivity index (χ2v) is 6.88. The van der Waals surface area contributed by atoms with Crippen molar-refractivity contribution in [2.75, 3.05) is 13.6 Å². The second kappa shape index (κ2) is 14.1. The van der Waals surface area contributed by atoms with Gasteiger partial charge >= 0.3 is 0 Å². The molecule has 0 amide bonds. The van der Waals surface area contributed by atoms with Crippen molar-refractivity contribution in [1.29, 1.82) is 0 Å². The number of hydrogen-bond donors (Lipinski definition) is 3. The summed E-state index contributed by atoms with van der Waals surface area (Å²) in [5, 5.41) is 3.30. The first kappa shape index (κ1) is 27.0. The summed E-state index contributed by atoms with van der Waals surface area (Å²) in [5.74, 6) is 0.282. The number of halogens is 1. The minimum atomic E-state index is -0.186. The molecular formula is C24H36FN5. The van der Waals surface area contributed by atoms with Crippen molar-refractivity contribution in [3.8, 4) is 0 Å². The molecule has 5 N–H and O–H groups in total. The van der Waals surface area contributed by atoms with Crippen molar-refractivity contribution in [3.63, 3.8) is 0 Å². The van der Waals surface area contributed by atoms with Crippen LogP contribution in [0.1, 0.15) is 38.8 Å². The molecule has 0 bridgehead atoms. The van der Waals surface area contributed by atoms with Crippen molar-refractivity contribution < 1.29 is 4.39 Å². The van der Waals surface area contributed by atoms with Gasteiger partial charge in [0.1, 0.15) is 5.82 Å². The molecule has 1 aromatic carbocycles. The van der Waals surface area contributed by atoms with E-state index in [0.29, 0.717) is 35.0 Å². The van der Waals surface area contributed by atoms with Crippen molar-refractivity contribution >= 4 is 11.5 Å². The summed E-state index contributed by atoms with van der Waals surface area (Å²) in [5.41, 5.74) is 15.9. The van der Waals surface area contributed by atoms with Gasteiger partial charge in [-0.1, -0.05) is 30.9 Å². The van der Waals surface area contributed by atoms with Crippen LogP contribution in [0.25, 0.3) is 0 Å². The SMILES string of the molecule is C=C(C)/C(C)=C/C(=N\C(C)=C\N=C(C)N)C(=C)NCCc1ccc(F)c(C)c1.CN. The van der Waals surface area contributed by atoms with E-state index in [4.69, 9.17) is 5.73 Å². The Balaban J connectivity index is 0.00000407. The predicted molar refractivity (Wildman–Crippen MR) is 129 cm³/mol. The predicted octanol–water partition coefficient (Wildman–Crippen LogP) is 4.56. The molecule has 0 spiro atoms. The molecule has 0 unspecified atom stereocenters. The van der Waals surface area contributed by atoms with E-state index in [1.807, 2.05) is 32.9 Å². The lowest BCUT2D eigenvalue weighted by atomic mass is 10.1. The Bertz CT molecular complexity index is 856. The Hall–Kier alpha value is -2.99. The van der Waals surface area contributed by atoms with Crippen LogP contribution in [0.15, 0.2) is 76.2 Å². The Morgan fingerprint density at radius 2 is 1.80 bits per heavy atom. The van der Waals surface area contributed by atoms with E-state index in [1.54, 1.807) is 26.1 Å². The molecule has 0 saturated carbocycles. The smallest absolute Gasteiger partial charge is 0.126 e. The fraction of sp³-hybridized carbons (Fsp3) is 0.333. The van der Waals surface area contributed by atoms with Crippen molar-refractivity contribution in [2.24, 2.45) is 21.5 Å². The lowest BCUT2D eigenvalue weighted by Crippen LogP contribution is -2.21. The molecule has 0 fully saturated rings. The lowest BCUT2D eigenvalue weighted by molar-refractivity contribution is 0.617. The fourth-order valence-corrected chi connectivity index (χ4v) is 2.24. The van der Waals surface area contributed by atoms with E-state index in [9.17, 15) is 4.39 Å². The Morgan fingerprint density at radius 1 is 1.17 bits per heavy atom. The molecule has 0 atom stereocenters. The molecular weight excluding hydrogens is 377 g/mol. The highest BCUT2D eigenvalue weighted by Gasteiger charge is 2.05. The molecule has 0 aliphatic carbocycles. The van der Waals surface area contributed by atoms with Gasteiger partial charge in [-0.2, -0.15) is 0 Å². The maximum Gasteiger partial charge on any atom is 0.126 e. The number of benzene rings is 1. The monoisotopic (exact) mass is 413 g/mol. The van der Waals surface area contributed by atoms with Gasteiger partial charge in [0.25, 0.3) is 0 Å². The zero-order chi connectivity index (χ0) is 23.3. The second-order valence-electron chi connectivity index (χ2n) is 6.88. The van der Waals surface area contributed by atoms with Gasteiger partial charge in [-0.15, -0.1) is 0 Å². The number of rotatable bonds is 9. The Labute approximate surface area is 180 Å². The number of nitrogens with zero attached hydrogens (tertiary/aromatic N) is 2. The molecule has 0 aliphatic rings. The zero-order valence-corrected chi connectivity index (χ0v) is 19.1. The van der Waals surface area contributed by atoms with E-state index in [0.717, 1.165) is 23.1 Å². The third kappa shape index (κ3) is 10.5. The van der Waals surface area contributed by atoms with Gasteiger partial charge in [0.05, 0.1) is 29.1 Å². The Kier molecular flexibility index (Phi) is 12.7. The van der Waals surface area contributed by atoms with E-state index < -0.39 is 0 Å². The number of aliphatic imine (C=N–C) groups is 2. The van der Waals surface area contributed by atoms with Gasteiger partial charge in [0.15, 0.2) is 0 Å². The van der Waals surface area contributed by atoms with Gasteiger partial charge in [-0.3, -0.25) is 0 Å². The number of aryl methyl sites for hydroxylation is 1. The van der Waals surface area contributed by atoms with E-state index in [2.05, 4.69) is 34.2 Å². The molecule has 0 heterocycles. The summed E-state index contributed by atoms with van der Waals surface area (Å²) in [6, 6.07) is 5.16. The number of amidine groups is 1. The minimum Gasteiger partial charge on any atom is -0.387 e. The molecule has 164 valence electrons. The highest BCUT2D eigenvalue weighted by molar-refractivity contribution is 6.08. The van der Waals surface area contributed by atoms with Gasteiger partial charge < -0.3 is 16.8 Å². The molecule has 1 rings (SSSR count). The average Bonchev–Trinajstić information content (AvgIpc) is 2.69. The maximum absolute atomic E-state index is 13.4. The van der Waals surface area contributed by atoms with Crippen LogP contribution < -0.4 is 16.8 Å². The van der Waals surface area contributed by atoms with Crippen LogP contribution in [-0.4, -0.2) is 25.1 Å². The summed E-state index contributed by atoms with van der Waals surface area (Å²) in [7, 11) is 1.50. The van der Waals surface area contributed by atoms with Gasteiger partial charge in [-0.25, -0.2) is 14.4 Å². The van der Waals surface area contributed by atoms with Crippen molar-refractivity contribution in [2.45, 2.75) is 41.0 Å². The minimum absolute atomic E-state index is 0.186. The van der Waals surface area contributed by atoms with E-state index in [-0.39, 0.29) is 5.82 Å². The lowest BCUT2D eigenvalue weighted by Gasteiger charge is -2.12. The van der Waals surface area contributed by atoms with Gasteiger partial charge in [0, 0.05) is 6.54 Å². The van der Waals surface area contributed by atoms with Crippen LogP contribution in [0.2, 0.25) is 0 Å². The molecule has 0 aliphatic heterocycles. The molecule has 0 saturated heterocycles. The summed E-state index contributed by atoms with van der Waals surface area (Å²) in [4.78, 5) is 8.68. The molecule has 30 heavy (non-hydrogen) atoms. The average molecular weight is 414 g/mol. The number of nitrogens with two attached hydrogens (primary N) is 2.